The average molecular weight is 342 g/mol. The number of aryl methyl sites for hydroxylation is 2. The Morgan fingerprint density at radius 1 is 1.00 bits per heavy atom. The maximum absolute atomic E-state index is 8.81. The zero-order valence-electron chi connectivity index (χ0n) is 23.1. The second-order valence-electron chi connectivity index (χ2n) is 6.37. The minimum absolute atomic E-state index is 0.133. The van der Waals surface area contributed by atoms with E-state index in [9.17, 15) is 0 Å². The third-order valence-corrected chi connectivity index (χ3v) is 4.47. The molecule has 25 heavy (non-hydrogen) atoms. The summed E-state index contributed by atoms with van der Waals surface area (Å²) in [5.41, 5.74) is 2.34. The average Bonchev–Trinajstić information content (AvgIpc) is 3.07. The second kappa shape index (κ2) is 6.87. The van der Waals surface area contributed by atoms with E-state index < -0.39 is 25.5 Å². The molecule has 0 bridgehead atoms. The fraction of sp³-hybridized carbons (Fsp3) is 0.348. The summed E-state index contributed by atoms with van der Waals surface area (Å²) in [6.45, 7) is -0.812. The van der Waals surface area contributed by atoms with Crippen LogP contribution in [-0.4, -0.2) is 4.57 Å². The van der Waals surface area contributed by atoms with Crippen molar-refractivity contribution in [2.45, 2.75) is 46.3 Å². The highest BCUT2D eigenvalue weighted by Gasteiger charge is 2.26. The van der Waals surface area contributed by atoms with Gasteiger partial charge in [0.1, 0.15) is 18.1 Å². The van der Waals surface area contributed by atoms with Crippen molar-refractivity contribution in [1.29, 1.82) is 0 Å². The quantitative estimate of drug-likeness (QED) is 0.552. The van der Waals surface area contributed by atoms with E-state index in [0.29, 0.717) is 5.82 Å². The van der Waals surface area contributed by atoms with E-state index in [1.165, 1.54) is 32.0 Å². The minimum Gasteiger partial charge on any atom is -0.232 e. The van der Waals surface area contributed by atoms with Crippen LogP contribution in [-0.2, 0) is 7.05 Å². The molecule has 2 aromatic carbocycles. The first kappa shape index (κ1) is 9.96. The van der Waals surface area contributed by atoms with Crippen LogP contribution in [0.4, 0.5) is 0 Å². The van der Waals surface area contributed by atoms with Gasteiger partial charge in [0.05, 0.1) is 12.6 Å². The van der Waals surface area contributed by atoms with E-state index >= 15 is 0 Å². The minimum atomic E-state index is -2.68. The molecule has 0 saturated carbocycles. The predicted molar refractivity (Wildman–Crippen MR) is 105 cm³/mol. The molecule has 1 aromatic heterocycles. The monoisotopic (exact) mass is 341 g/mol. The fourth-order valence-electron chi connectivity index (χ4n) is 3.21. The molecule has 0 aliphatic rings. The SMILES string of the molecule is [2H]C([2H])([2H])C([2H])(C)c1cccc(C([2H])(C)C([2H])([2H])[2H])c1-n1cc[n+](C)c1-c1ccccc1C. The Hall–Kier alpha value is -2.35. The molecule has 3 rings (SSSR count). The molecule has 0 N–H and O–H groups in total. The fourth-order valence-corrected chi connectivity index (χ4v) is 3.21. The Kier molecular flexibility index (Phi) is 2.74. The summed E-state index contributed by atoms with van der Waals surface area (Å²) in [7, 11) is 1.84. The molecule has 0 aliphatic carbocycles. The van der Waals surface area contributed by atoms with Crippen molar-refractivity contribution < 1.29 is 15.5 Å². The van der Waals surface area contributed by atoms with Gasteiger partial charge in [-0.15, -0.1) is 0 Å². The lowest BCUT2D eigenvalue weighted by Crippen LogP contribution is -2.29. The van der Waals surface area contributed by atoms with Crippen LogP contribution < -0.4 is 4.57 Å². The van der Waals surface area contributed by atoms with Crippen molar-refractivity contribution in [3.63, 3.8) is 0 Å². The lowest BCUT2D eigenvalue weighted by Gasteiger charge is -2.18. The van der Waals surface area contributed by atoms with Gasteiger partial charge in [0, 0.05) is 22.1 Å². The van der Waals surface area contributed by atoms with Crippen LogP contribution >= 0.6 is 0 Å². The molecular formula is C23H29N2+. The Morgan fingerprint density at radius 2 is 1.64 bits per heavy atom. The Bertz CT molecular complexity index is 1130. The molecule has 130 valence electrons. The van der Waals surface area contributed by atoms with Gasteiger partial charge in [-0.05, 0) is 30.3 Å². The van der Waals surface area contributed by atoms with E-state index in [1.807, 2.05) is 42.8 Å². The van der Waals surface area contributed by atoms with Gasteiger partial charge in [-0.2, -0.15) is 4.57 Å². The standard InChI is InChI=1S/C23H29N2/c1-16(2)19-12-9-13-20(17(3)4)22(19)25-15-14-24(6)23(25)21-11-8-7-10-18(21)5/h7-17H,1-6H3/q+1/i1D3,3D3,16D,17D. The van der Waals surface area contributed by atoms with Gasteiger partial charge in [0.25, 0.3) is 5.82 Å². The largest absolute Gasteiger partial charge is 0.294 e. The summed E-state index contributed by atoms with van der Waals surface area (Å²) in [5.74, 6) is -3.41. The van der Waals surface area contributed by atoms with Gasteiger partial charge in [-0.3, -0.25) is 0 Å². The smallest absolute Gasteiger partial charge is 0.232 e. The highest BCUT2D eigenvalue weighted by Crippen LogP contribution is 2.33. The lowest BCUT2D eigenvalue weighted by atomic mass is 9.92. The maximum atomic E-state index is 8.81. The summed E-state index contributed by atoms with van der Waals surface area (Å²) < 4.78 is 69.2. The van der Waals surface area contributed by atoms with Crippen molar-refractivity contribution >= 4 is 0 Å². The Morgan fingerprint density at radius 3 is 2.24 bits per heavy atom. The van der Waals surface area contributed by atoms with Crippen molar-refractivity contribution in [2.24, 2.45) is 7.05 Å². The van der Waals surface area contributed by atoms with Crippen LogP contribution in [0.3, 0.4) is 0 Å². The summed E-state index contributed by atoms with van der Waals surface area (Å²) in [6.07, 6.45) is 3.50. The van der Waals surface area contributed by atoms with Crippen molar-refractivity contribution in [3.8, 4) is 17.1 Å². The van der Waals surface area contributed by atoms with Crippen LogP contribution in [0.25, 0.3) is 17.1 Å². The third-order valence-electron chi connectivity index (χ3n) is 4.47. The molecule has 3 aromatic rings. The van der Waals surface area contributed by atoms with Crippen molar-refractivity contribution in [2.75, 3.05) is 0 Å². The number of aromatic nitrogens is 2. The first-order valence-corrected chi connectivity index (χ1v) is 8.29. The van der Waals surface area contributed by atoms with E-state index in [4.69, 9.17) is 11.0 Å². The normalized spacial score (nSPS) is 21.9. The molecule has 0 amide bonds. The number of imidazole rings is 1. The number of benzene rings is 2. The summed E-state index contributed by atoms with van der Waals surface area (Å²) in [6, 6.07) is 12.3. The van der Waals surface area contributed by atoms with Gasteiger partial charge in [-0.25, -0.2) is 4.57 Å². The number of hydrogen-bond acceptors (Lipinski definition) is 0. The topological polar surface area (TPSA) is 8.81 Å². The van der Waals surface area contributed by atoms with E-state index in [-0.39, 0.29) is 16.8 Å². The van der Waals surface area contributed by atoms with E-state index in [2.05, 4.69) is 0 Å². The summed E-state index contributed by atoms with van der Waals surface area (Å²) in [5, 5.41) is 0. The van der Waals surface area contributed by atoms with Gasteiger partial charge in [0.15, 0.2) is 0 Å². The van der Waals surface area contributed by atoms with Crippen molar-refractivity contribution in [3.05, 3.63) is 71.5 Å². The van der Waals surface area contributed by atoms with E-state index in [0.717, 1.165) is 11.1 Å². The first-order valence-electron chi connectivity index (χ1n) is 12.3. The van der Waals surface area contributed by atoms with Gasteiger partial charge in [0.2, 0.25) is 0 Å². The zero-order chi connectivity index (χ0) is 25.0. The zero-order valence-corrected chi connectivity index (χ0v) is 15.1. The molecule has 0 saturated heterocycles. The first-order chi connectivity index (χ1) is 15.0. The van der Waals surface area contributed by atoms with Gasteiger partial charge < -0.3 is 0 Å². The van der Waals surface area contributed by atoms with Crippen LogP contribution in [0, 0.1) is 6.92 Å². The highest BCUT2D eigenvalue weighted by molar-refractivity contribution is 5.63. The van der Waals surface area contributed by atoms with Gasteiger partial charge in [-0.1, -0.05) is 63.9 Å². The van der Waals surface area contributed by atoms with Crippen molar-refractivity contribution in [1.82, 2.24) is 4.57 Å². The second-order valence-corrected chi connectivity index (χ2v) is 6.37. The Balaban J connectivity index is 2.50. The lowest BCUT2D eigenvalue weighted by molar-refractivity contribution is -0.659. The molecule has 1 heterocycles. The molecular weight excluding hydrogens is 304 g/mol. The number of rotatable bonds is 4. The molecule has 0 aliphatic heterocycles. The molecule has 0 fully saturated rings. The van der Waals surface area contributed by atoms with Crippen LogP contribution in [0.15, 0.2) is 54.9 Å². The predicted octanol–water partition coefficient (Wildman–Crippen LogP) is 5.52. The van der Waals surface area contributed by atoms with E-state index in [1.54, 1.807) is 17.0 Å². The number of hydrogen-bond donors (Lipinski definition) is 0. The van der Waals surface area contributed by atoms with Crippen LogP contribution in [0.2, 0.25) is 0 Å². The number of nitrogens with zero attached hydrogens (tertiary/aromatic N) is 2. The molecule has 0 spiro atoms. The Labute approximate surface area is 163 Å². The maximum Gasteiger partial charge on any atom is 0.294 e. The van der Waals surface area contributed by atoms with Crippen LogP contribution in [0.5, 0.6) is 0 Å². The molecule has 0 radical (unpaired) electrons. The summed E-state index contributed by atoms with van der Waals surface area (Å²) >= 11 is 0. The molecule has 2 unspecified atom stereocenters. The van der Waals surface area contributed by atoms with Crippen LogP contribution in [0.1, 0.15) is 67.0 Å². The highest BCUT2D eigenvalue weighted by atomic mass is 15.1. The molecule has 2 atom stereocenters. The molecule has 2 heteroatoms. The number of para-hydroxylation sites is 1. The summed E-state index contributed by atoms with van der Waals surface area (Å²) in [4.78, 5) is 0. The van der Waals surface area contributed by atoms with Gasteiger partial charge >= 0.3 is 0 Å². The molecule has 2 nitrogen and oxygen atoms in total. The third kappa shape index (κ3) is 3.13.